The molecule has 1 aliphatic rings. The number of aliphatic hydroxyl groups excluding tert-OH is 1. The van der Waals surface area contributed by atoms with E-state index in [1.165, 1.54) is 17.3 Å². The molecule has 0 spiro atoms. The highest BCUT2D eigenvalue weighted by Gasteiger charge is 2.40. The molecule has 3 N–H and O–H groups in total. The number of carbonyl (C=O) groups is 1. The van der Waals surface area contributed by atoms with Crippen LogP contribution in [0.25, 0.3) is 6.08 Å². The Balaban J connectivity index is 1.51. The summed E-state index contributed by atoms with van der Waals surface area (Å²) in [4.78, 5) is 41.4. The summed E-state index contributed by atoms with van der Waals surface area (Å²) >= 11 is 3.10. The SMILES string of the molecule is CC(C)C[C@H](NP(=O)(OC[C@H]1O[C@@H](n2cc(C=CBr)c(=O)[nH]c2=O)CC1O)Oc1ccccc1)C(=O)OCc1ccccc1. The molecule has 14 heteroatoms. The molecule has 1 fully saturated rings. The van der Waals surface area contributed by atoms with Gasteiger partial charge in [0, 0.05) is 12.6 Å². The molecule has 2 unspecified atom stereocenters. The van der Waals surface area contributed by atoms with E-state index >= 15 is 0 Å². The molecular formula is C30H35BrN3O9P. The third kappa shape index (κ3) is 9.34. The lowest BCUT2D eigenvalue weighted by Gasteiger charge is -2.26. The number of nitrogens with zero attached hydrogens (tertiary/aromatic N) is 1. The molecule has 5 atom stereocenters. The van der Waals surface area contributed by atoms with Gasteiger partial charge in [-0.1, -0.05) is 78.3 Å². The average Bonchev–Trinajstić information content (AvgIpc) is 3.36. The number of hydrogen-bond acceptors (Lipinski definition) is 9. The van der Waals surface area contributed by atoms with Crippen LogP contribution in [-0.2, 0) is 30.0 Å². The molecule has 236 valence electrons. The van der Waals surface area contributed by atoms with E-state index in [-0.39, 0.29) is 36.7 Å². The first-order valence-electron chi connectivity index (χ1n) is 14.0. The van der Waals surface area contributed by atoms with Crippen LogP contribution in [0.5, 0.6) is 5.75 Å². The molecule has 4 rings (SSSR count). The van der Waals surface area contributed by atoms with Gasteiger partial charge in [-0.05, 0) is 41.1 Å². The van der Waals surface area contributed by atoms with Crippen LogP contribution in [0.15, 0.2) is 81.4 Å². The van der Waals surface area contributed by atoms with Gasteiger partial charge in [0.15, 0.2) is 0 Å². The molecule has 1 aliphatic heterocycles. The van der Waals surface area contributed by atoms with E-state index in [1.54, 1.807) is 30.3 Å². The highest BCUT2D eigenvalue weighted by molar-refractivity contribution is 9.11. The predicted octanol–water partition coefficient (Wildman–Crippen LogP) is 4.50. The topological polar surface area (TPSA) is 158 Å². The van der Waals surface area contributed by atoms with Crippen molar-refractivity contribution in [2.75, 3.05) is 6.61 Å². The lowest BCUT2D eigenvalue weighted by Crippen LogP contribution is -2.39. The maximum absolute atomic E-state index is 14.2. The number of aromatic amines is 1. The van der Waals surface area contributed by atoms with Gasteiger partial charge in [-0.25, -0.2) is 9.36 Å². The second kappa shape index (κ2) is 15.6. The van der Waals surface area contributed by atoms with E-state index in [0.29, 0.717) is 0 Å². The van der Waals surface area contributed by atoms with Crippen molar-refractivity contribution in [3.63, 3.8) is 0 Å². The average molecular weight is 693 g/mol. The summed E-state index contributed by atoms with van der Waals surface area (Å²) < 4.78 is 38.3. The van der Waals surface area contributed by atoms with E-state index in [1.807, 2.05) is 44.2 Å². The molecule has 1 saturated heterocycles. The number of benzene rings is 2. The lowest BCUT2D eigenvalue weighted by molar-refractivity contribution is -0.147. The van der Waals surface area contributed by atoms with Crippen molar-refractivity contribution in [3.8, 4) is 5.75 Å². The van der Waals surface area contributed by atoms with Gasteiger partial charge in [0.1, 0.15) is 30.7 Å². The maximum atomic E-state index is 14.2. The van der Waals surface area contributed by atoms with Crippen molar-refractivity contribution in [1.29, 1.82) is 0 Å². The van der Waals surface area contributed by atoms with Gasteiger partial charge in [-0.3, -0.25) is 23.7 Å². The monoisotopic (exact) mass is 691 g/mol. The van der Waals surface area contributed by atoms with E-state index in [2.05, 4.69) is 26.0 Å². The number of carbonyl (C=O) groups excluding carboxylic acids is 1. The summed E-state index contributed by atoms with van der Waals surface area (Å²) in [7, 11) is -4.28. The summed E-state index contributed by atoms with van der Waals surface area (Å²) in [6.45, 7) is 3.43. The number of ether oxygens (including phenoxy) is 2. The van der Waals surface area contributed by atoms with Gasteiger partial charge >= 0.3 is 19.4 Å². The van der Waals surface area contributed by atoms with Gasteiger partial charge < -0.3 is 19.1 Å². The van der Waals surface area contributed by atoms with Gasteiger partial charge in [0.2, 0.25) is 0 Å². The second-order valence-electron chi connectivity index (χ2n) is 10.6. The number of rotatable bonds is 14. The zero-order valence-corrected chi connectivity index (χ0v) is 26.7. The van der Waals surface area contributed by atoms with Crippen molar-refractivity contribution in [2.24, 2.45) is 5.92 Å². The highest BCUT2D eigenvalue weighted by atomic mass is 79.9. The summed E-state index contributed by atoms with van der Waals surface area (Å²) in [6.07, 6.45) is -0.0157. The molecule has 0 bridgehead atoms. The highest BCUT2D eigenvalue weighted by Crippen LogP contribution is 2.46. The Kier molecular flexibility index (Phi) is 11.9. The molecule has 44 heavy (non-hydrogen) atoms. The second-order valence-corrected chi connectivity index (χ2v) is 12.8. The van der Waals surface area contributed by atoms with Gasteiger partial charge in [-0.2, -0.15) is 5.09 Å². The summed E-state index contributed by atoms with van der Waals surface area (Å²) in [6, 6.07) is 16.4. The fraction of sp³-hybridized carbons (Fsp3) is 0.367. The van der Waals surface area contributed by atoms with Crippen LogP contribution in [0.3, 0.4) is 0 Å². The van der Waals surface area contributed by atoms with Gasteiger partial charge in [-0.15, -0.1) is 0 Å². The number of aliphatic hydroxyl groups is 1. The van der Waals surface area contributed by atoms with Crippen molar-refractivity contribution < 1.29 is 33.0 Å². The van der Waals surface area contributed by atoms with Crippen LogP contribution in [0.4, 0.5) is 0 Å². The Morgan fingerprint density at radius 2 is 1.86 bits per heavy atom. The van der Waals surface area contributed by atoms with Crippen LogP contribution < -0.4 is 20.9 Å². The minimum absolute atomic E-state index is 0.00347. The lowest BCUT2D eigenvalue weighted by atomic mass is 10.1. The Morgan fingerprint density at radius 3 is 2.52 bits per heavy atom. The van der Waals surface area contributed by atoms with Crippen LogP contribution in [0.1, 0.15) is 44.0 Å². The number of H-pyrrole nitrogens is 1. The van der Waals surface area contributed by atoms with Gasteiger partial charge in [0.05, 0.1) is 18.3 Å². The van der Waals surface area contributed by atoms with Crippen molar-refractivity contribution in [2.45, 2.75) is 57.8 Å². The predicted molar refractivity (Wildman–Crippen MR) is 167 cm³/mol. The first kappa shape index (κ1) is 33.6. The molecule has 2 aromatic carbocycles. The molecule has 2 heterocycles. The largest absolute Gasteiger partial charge is 0.460 e. The molecule has 1 aromatic heterocycles. The van der Waals surface area contributed by atoms with E-state index in [4.69, 9.17) is 18.5 Å². The van der Waals surface area contributed by atoms with Crippen molar-refractivity contribution >= 4 is 35.7 Å². The summed E-state index contributed by atoms with van der Waals surface area (Å²) in [5, 5.41) is 13.5. The molecule has 0 amide bonds. The van der Waals surface area contributed by atoms with Gasteiger partial charge in [0.25, 0.3) is 5.56 Å². The zero-order chi connectivity index (χ0) is 31.7. The Labute approximate surface area is 262 Å². The van der Waals surface area contributed by atoms with Crippen molar-refractivity contribution in [3.05, 3.63) is 104 Å². The molecule has 3 aromatic rings. The van der Waals surface area contributed by atoms with E-state index in [9.17, 15) is 24.1 Å². The maximum Gasteiger partial charge on any atom is 0.459 e. The van der Waals surface area contributed by atoms with E-state index in [0.717, 1.165) is 10.1 Å². The fourth-order valence-electron chi connectivity index (χ4n) is 4.51. The van der Waals surface area contributed by atoms with E-state index < -0.39 is 56.0 Å². The zero-order valence-electron chi connectivity index (χ0n) is 24.2. The van der Waals surface area contributed by atoms with Crippen LogP contribution in [0.2, 0.25) is 0 Å². The van der Waals surface area contributed by atoms with Crippen LogP contribution >= 0.6 is 23.7 Å². The quantitative estimate of drug-likeness (QED) is 0.162. The smallest absolute Gasteiger partial charge is 0.459 e. The molecule has 0 aliphatic carbocycles. The Hall–Kier alpha value is -3.32. The standard InChI is InChI=1S/C30H35BrN3O9P/c1-20(2)15-24(29(37)40-18-21-9-5-3-6-10-21)33-44(39,43-23-11-7-4-8-12-23)41-19-26-25(35)16-27(42-26)34-17-22(13-14-31)28(36)32-30(34)38/h3-14,17,20,24-27,35H,15-16,18-19H2,1-2H3,(H,33,39)(H,32,36,38)/t24-,25?,26+,27+,44?/m0/s1. The number of aromatic nitrogens is 2. The van der Waals surface area contributed by atoms with Crippen molar-refractivity contribution in [1.82, 2.24) is 14.6 Å². The molecule has 12 nitrogen and oxygen atoms in total. The molecule has 0 saturated carbocycles. The third-order valence-corrected chi connectivity index (χ3v) is 8.49. The number of nitrogens with one attached hydrogen (secondary N) is 2. The minimum Gasteiger partial charge on any atom is -0.460 e. The number of para-hydroxylation sites is 1. The Morgan fingerprint density at radius 1 is 1.18 bits per heavy atom. The normalized spacial score (nSPS) is 20.4. The summed E-state index contributed by atoms with van der Waals surface area (Å²) in [5.74, 6) is -0.393. The summed E-state index contributed by atoms with van der Waals surface area (Å²) in [5.41, 5.74) is -0.308. The number of hydrogen-bond donors (Lipinski definition) is 3. The Bertz CT molecular complexity index is 1580. The molecular weight excluding hydrogens is 657 g/mol. The molecule has 0 radical (unpaired) electrons. The van der Waals surface area contributed by atoms with Crippen LogP contribution in [-0.4, -0.2) is 45.5 Å². The first-order valence-corrected chi connectivity index (χ1v) is 16.5. The minimum atomic E-state index is -4.28. The fourth-order valence-corrected chi connectivity index (χ4v) is 6.31. The number of esters is 1. The first-order chi connectivity index (χ1) is 21.1. The van der Waals surface area contributed by atoms with Crippen LogP contribution in [0, 0.1) is 5.92 Å². The number of halogens is 1. The third-order valence-electron chi connectivity index (χ3n) is 6.66.